The second kappa shape index (κ2) is 9.99. The van der Waals surface area contributed by atoms with Crippen molar-refractivity contribution in [3.8, 4) is 11.5 Å². The van der Waals surface area contributed by atoms with Gasteiger partial charge in [-0.1, -0.05) is 39.7 Å². The standard InChI is InChI=1S/C23H22BrClFNO2/c1-3-28-22-12-17(13-27-21-8-7-18(24)9-15(21)2)11-20(25)23(22)29-14-16-5-4-6-19(26)10-16/h4-12,27H,3,13-14H2,1-2H3. The highest BCUT2D eigenvalue weighted by molar-refractivity contribution is 9.10. The van der Waals surface area contributed by atoms with E-state index in [9.17, 15) is 4.39 Å². The van der Waals surface area contributed by atoms with Gasteiger partial charge in [0.1, 0.15) is 12.4 Å². The summed E-state index contributed by atoms with van der Waals surface area (Å²) in [5, 5.41) is 3.87. The van der Waals surface area contributed by atoms with E-state index in [1.807, 2.05) is 31.2 Å². The lowest BCUT2D eigenvalue weighted by Crippen LogP contribution is -2.04. The van der Waals surface area contributed by atoms with E-state index in [1.54, 1.807) is 12.1 Å². The zero-order chi connectivity index (χ0) is 20.8. The summed E-state index contributed by atoms with van der Waals surface area (Å²) in [5.41, 5.74) is 3.89. The van der Waals surface area contributed by atoms with Gasteiger partial charge in [-0.3, -0.25) is 0 Å². The summed E-state index contributed by atoms with van der Waals surface area (Å²) in [7, 11) is 0. The molecule has 0 atom stereocenters. The average molecular weight is 479 g/mol. The Morgan fingerprint density at radius 3 is 2.59 bits per heavy atom. The average Bonchev–Trinajstić information content (AvgIpc) is 2.67. The Kier molecular flexibility index (Phi) is 7.40. The SMILES string of the molecule is CCOc1cc(CNc2ccc(Br)cc2C)cc(Cl)c1OCc1cccc(F)c1. The van der Waals surface area contributed by atoms with Crippen LogP contribution in [0.25, 0.3) is 0 Å². The first-order valence-corrected chi connectivity index (χ1v) is 10.5. The van der Waals surface area contributed by atoms with Gasteiger partial charge in [0.05, 0.1) is 11.6 Å². The molecule has 0 aromatic heterocycles. The van der Waals surface area contributed by atoms with Crippen LogP contribution in [0.1, 0.15) is 23.6 Å². The number of rotatable bonds is 8. The minimum Gasteiger partial charge on any atom is -0.490 e. The predicted molar refractivity (Wildman–Crippen MR) is 120 cm³/mol. The minimum atomic E-state index is -0.299. The molecule has 1 N–H and O–H groups in total. The molecule has 0 radical (unpaired) electrons. The number of aryl methyl sites for hydroxylation is 1. The monoisotopic (exact) mass is 477 g/mol. The number of halogens is 3. The van der Waals surface area contributed by atoms with Gasteiger partial charge in [-0.25, -0.2) is 4.39 Å². The number of ether oxygens (including phenoxy) is 2. The molecule has 0 fully saturated rings. The Bertz CT molecular complexity index is 997. The van der Waals surface area contributed by atoms with Crippen LogP contribution >= 0.6 is 27.5 Å². The molecule has 0 unspecified atom stereocenters. The van der Waals surface area contributed by atoms with E-state index in [0.717, 1.165) is 26.9 Å². The molecular weight excluding hydrogens is 457 g/mol. The summed E-state index contributed by atoms with van der Waals surface area (Å²) in [6.07, 6.45) is 0. The Balaban J connectivity index is 1.76. The number of benzene rings is 3. The second-order valence-electron chi connectivity index (χ2n) is 6.57. The molecule has 152 valence electrons. The van der Waals surface area contributed by atoms with Gasteiger partial charge in [0.25, 0.3) is 0 Å². The number of hydrogen-bond acceptors (Lipinski definition) is 3. The number of hydrogen-bond donors (Lipinski definition) is 1. The van der Waals surface area contributed by atoms with E-state index < -0.39 is 0 Å². The van der Waals surface area contributed by atoms with Crippen molar-refractivity contribution in [3.05, 3.63) is 86.6 Å². The topological polar surface area (TPSA) is 30.5 Å². The van der Waals surface area contributed by atoms with Crippen molar-refractivity contribution in [1.29, 1.82) is 0 Å². The van der Waals surface area contributed by atoms with Crippen molar-refractivity contribution in [2.24, 2.45) is 0 Å². The molecule has 0 aliphatic heterocycles. The maximum atomic E-state index is 13.4. The first-order valence-electron chi connectivity index (χ1n) is 9.28. The zero-order valence-electron chi connectivity index (χ0n) is 16.3. The van der Waals surface area contributed by atoms with Crippen LogP contribution in [0.2, 0.25) is 5.02 Å². The van der Waals surface area contributed by atoms with Crippen LogP contribution in [0.15, 0.2) is 59.1 Å². The fourth-order valence-electron chi connectivity index (χ4n) is 2.93. The van der Waals surface area contributed by atoms with E-state index in [1.165, 1.54) is 12.1 Å². The number of nitrogens with one attached hydrogen (secondary N) is 1. The molecule has 0 heterocycles. The van der Waals surface area contributed by atoms with Gasteiger partial charge in [0.15, 0.2) is 11.5 Å². The van der Waals surface area contributed by atoms with E-state index >= 15 is 0 Å². The molecule has 0 saturated carbocycles. The summed E-state index contributed by atoms with van der Waals surface area (Å²) in [6, 6.07) is 16.1. The molecule has 0 aliphatic rings. The fourth-order valence-corrected chi connectivity index (χ4v) is 3.69. The summed E-state index contributed by atoms with van der Waals surface area (Å²) >= 11 is 9.96. The van der Waals surface area contributed by atoms with Crippen LogP contribution in [-0.4, -0.2) is 6.61 Å². The van der Waals surface area contributed by atoms with Gasteiger partial charge < -0.3 is 14.8 Å². The third-order valence-electron chi connectivity index (χ3n) is 4.31. The molecule has 3 rings (SSSR count). The lowest BCUT2D eigenvalue weighted by molar-refractivity contribution is 0.269. The predicted octanol–water partition coefficient (Wildman–Crippen LogP) is 7.14. The van der Waals surface area contributed by atoms with Crippen LogP contribution < -0.4 is 14.8 Å². The highest BCUT2D eigenvalue weighted by Crippen LogP contribution is 2.37. The van der Waals surface area contributed by atoms with Crippen LogP contribution in [0.4, 0.5) is 10.1 Å². The zero-order valence-corrected chi connectivity index (χ0v) is 18.6. The molecule has 29 heavy (non-hydrogen) atoms. The molecule has 0 bridgehead atoms. The van der Waals surface area contributed by atoms with Crippen molar-refractivity contribution >= 4 is 33.2 Å². The summed E-state index contributed by atoms with van der Waals surface area (Å²) in [5.74, 6) is 0.731. The Morgan fingerprint density at radius 1 is 1.03 bits per heavy atom. The van der Waals surface area contributed by atoms with Crippen LogP contribution in [0.5, 0.6) is 11.5 Å². The summed E-state index contributed by atoms with van der Waals surface area (Å²) in [4.78, 5) is 0. The van der Waals surface area contributed by atoms with E-state index in [2.05, 4.69) is 34.2 Å². The molecule has 0 spiro atoms. The highest BCUT2D eigenvalue weighted by atomic mass is 79.9. The summed E-state index contributed by atoms with van der Waals surface area (Å²) < 4.78 is 26.0. The maximum Gasteiger partial charge on any atom is 0.180 e. The third-order valence-corrected chi connectivity index (χ3v) is 5.09. The molecule has 0 aliphatic carbocycles. The Labute approximate surface area is 183 Å². The van der Waals surface area contributed by atoms with Gasteiger partial charge in [0, 0.05) is 16.7 Å². The lowest BCUT2D eigenvalue weighted by atomic mass is 10.1. The fraction of sp³-hybridized carbons (Fsp3) is 0.217. The van der Waals surface area contributed by atoms with Gasteiger partial charge in [-0.15, -0.1) is 0 Å². The van der Waals surface area contributed by atoms with Crippen molar-refractivity contribution in [3.63, 3.8) is 0 Å². The van der Waals surface area contributed by atoms with Crippen LogP contribution in [0, 0.1) is 12.7 Å². The molecular formula is C23H22BrClFNO2. The first kappa shape index (κ1) is 21.5. The molecule has 6 heteroatoms. The second-order valence-corrected chi connectivity index (χ2v) is 7.89. The Morgan fingerprint density at radius 2 is 1.86 bits per heavy atom. The van der Waals surface area contributed by atoms with Crippen LogP contribution in [0.3, 0.4) is 0 Å². The first-order chi connectivity index (χ1) is 14.0. The molecule has 3 aromatic rings. The van der Waals surface area contributed by atoms with Crippen molar-refractivity contribution in [1.82, 2.24) is 0 Å². The molecule has 0 amide bonds. The minimum absolute atomic E-state index is 0.202. The van der Waals surface area contributed by atoms with E-state index in [4.69, 9.17) is 21.1 Å². The van der Waals surface area contributed by atoms with E-state index in [-0.39, 0.29) is 12.4 Å². The van der Waals surface area contributed by atoms with Crippen LogP contribution in [-0.2, 0) is 13.2 Å². The quantitative estimate of drug-likeness (QED) is 0.373. The van der Waals surface area contributed by atoms with Crippen molar-refractivity contribution in [2.45, 2.75) is 27.0 Å². The van der Waals surface area contributed by atoms with Gasteiger partial charge in [-0.05, 0) is 73.0 Å². The van der Waals surface area contributed by atoms with E-state index in [0.29, 0.717) is 29.7 Å². The maximum absolute atomic E-state index is 13.4. The van der Waals surface area contributed by atoms with Crippen molar-refractivity contribution < 1.29 is 13.9 Å². The lowest BCUT2D eigenvalue weighted by Gasteiger charge is -2.16. The third kappa shape index (κ3) is 5.87. The molecule has 3 nitrogen and oxygen atoms in total. The number of anilines is 1. The highest BCUT2D eigenvalue weighted by Gasteiger charge is 2.13. The molecule has 0 saturated heterocycles. The van der Waals surface area contributed by atoms with Gasteiger partial charge >= 0.3 is 0 Å². The van der Waals surface area contributed by atoms with Crippen molar-refractivity contribution in [2.75, 3.05) is 11.9 Å². The van der Waals surface area contributed by atoms with Gasteiger partial charge in [-0.2, -0.15) is 0 Å². The summed E-state index contributed by atoms with van der Waals surface area (Å²) in [6.45, 7) is 5.23. The smallest absolute Gasteiger partial charge is 0.180 e. The largest absolute Gasteiger partial charge is 0.490 e. The normalized spacial score (nSPS) is 10.7. The Hall–Kier alpha value is -2.24. The van der Waals surface area contributed by atoms with Gasteiger partial charge in [0.2, 0.25) is 0 Å². The molecule has 3 aromatic carbocycles.